The predicted octanol–water partition coefficient (Wildman–Crippen LogP) is 6.09. The Hall–Kier alpha value is -2.53. The van der Waals surface area contributed by atoms with Crippen LogP contribution in [0.4, 0.5) is 10.5 Å². The summed E-state index contributed by atoms with van der Waals surface area (Å²) in [6.45, 7) is 8.92. The summed E-state index contributed by atoms with van der Waals surface area (Å²) in [5.74, 6) is 0.817. The molecule has 0 aliphatic carbocycles. The number of anilines is 1. The van der Waals surface area contributed by atoms with Crippen LogP contribution in [0.25, 0.3) is 10.1 Å². The number of aryl methyl sites for hydroxylation is 1. The Morgan fingerprint density at radius 1 is 1.18 bits per heavy atom. The molecule has 0 bridgehead atoms. The van der Waals surface area contributed by atoms with Crippen molar-refractivity contribution in [2.45, 2.75) is 46.3 Å². The van der Waals surface area contributed by atoms with Gasteiger partial charge in [0.05, 0.1) is 5.69 Å². The van der Waals surface area contributed by atoms with Gasteiger partial charge in [-0.15, -0.1) is 11.3 Å². The zero-order valence-corrected chi connectivity index (χ0v) is 17.6. The summed E-state index contributed by atoms with van der Waals surface area (Å²) in [5.41, 5.74) is 2.72. The molecule has 2 aromatic carbocycles. The first kappa shape index (κ1) is 18.8. The Bertz CT molecular complexity index is 1020. The normalized spacial score (nSPS) is 13.6. The summed E-state index contributed by atoms with van der Waals surface area (Å²) in [5, 5.41) is 1.13. The summed E-state index contributed by atoms with van der Waals surface area (Å²) >= 11 is 1.76. The van der Waals surface area contributed by atoms with Crippen LogP contribution in [0.3, 0.4) is 0 Å². The molecule has 2 heterocycles. The monoisotopic (exact) mass is 395 g/mol. The minimum Gasteiger partial charge on any atom is -0.488 e. The molecule has 0 fully saturated rings. The SMILES string of the molecule is Cc1cc2c(OCc3ccccc3)cc3c(c2s1)CCN3C(=O)OC(C)(C)C. The minimum atomic E-state index is -0.518. The third-order valence-corrected chi connectivity index (χ3v) is 5.81. The van der Waals surface area contributed by atoms with Crippen molar-refractivity contribution in [2.75, 3.05) is 11.4 Å². The first-order valence-corrected chi connectivity index (χ1v) is 10.4. The van der Waals surface area contributed by atoms with Crippen LogP contribution in [0.2, 0.25) is 0 Å². The fraction of sp³-hybridized carbons (Fsp3) is 0.348. The Balaban J connectivity index is 1.70. The largest absolute Gasteiger partial charge is 0.488 e. The van der Waals surface area contributed by atoms with Crippen molar-refractivity contribution in [3.05, 3.63) is 58.5 Å². The average Bonchev–Trinajstić information content (AvgIpc) is 3.22. The zero-order chi connectivity index (χ0) is 19.9. The van der Waals surface area contributed by atoms with E-state index in [1.54, 1.807) is 16.2 Å². The number of fused-ring (bicyclic) bond motifs is 3. The molecular formula is C23H25NO3S. The smallest absolute Gasteiger partial charge is 0.414 e. The molecule has 1 aliphatic rings. The summed E-state index contributed by atoms with van der Waals surface area (Å²) in [6, 6.07) is 14.3. The van der Waals surface area contributed by atoms with Gasteiger partial charge in [-0.05, 0) is 51.3 Å². The maximum Gasteiger partial charge on any atom is 0.414 e. The quantitative estimate of drug-likeness (QED) is 0.539. The molecule has 1 amide bonds. The number of hydrogen-bond donors (Lipinski definition) is 0. The van der Waals surface area contributed by atoms with E-state index >= 15 is 0 Å². The first-order valence-electron chi connectivity index (χ1n) is 9.55. The highest BCUT2D eigenvalue weighted by Gasteiger charge is 2.31. The summed E-state index contributed by atoms with van der Waals surface area (Å²) in [7, 11) is 0. The van der Waals surface area contributed by atoms with Crippen LogP contribution < -0.4 is 9.64 Å². The highest BCUT2D eigenvalue weighted by Crippen LogP contribution is 2.44. The van der Waals surface area contributed by atoms with Crippen LogP contribution >= 0.6 is 11.3 Å². The van der Waals surface area contributed by atoms with Gasteiger partial charge >= 0.3 is 6.09 Å². The molecule has 28 heavy (non-hydrogen) atoms. The minimum absolute atomic E-state index is 0.298. The molecule has 3 aromatic rings. The molecule has 4 nitrogen and oxygen atoms in total. The van der Waals surface area contributed by atoms with Crippen molar-refractivity contribution < 1.29 is 14.3 Å². The molecule has 0 radical (unpaired) electrons. The highest BCUT2D eigenvalue weighted by molar-refractivity contribution is 7.19. The van der Waals surface area contributed by atoms with Crippen LogP contribution in [0.15, 0.2) is 42.5 Å². The zero-order valence-electron chi connectivity index (χ0n) is 16.7. The van der Waals surface area contributed by atoms with Gasteiger partial charge in [0.2, 0.25) is 0 Å². The lowest BCUT2D eigenvalue weighted by Crippen LogP contribution is -2.35. The average molecular weight is 396 g/mol. The second-order valence-electron chi connectivity index (χ2n) is 8.13. The first-order chi connectivity index (χ1) is 13.3. The molecule has 5 heteroatoms. The third kappa shape index (κ3) is 3.72. The van der Waals surface area contributed by atoms with Gasteiger partial charge in [-0.1, -0.05) is 30.3 Å². The molecule has 0 atom stereocenters. The molecular weight excluding hydrogens is 370 g/mol. The molecule has 0 spiro atoms. The second-order valence-corrected chi connectivity index (χ2v) is 9.38. The van der Waals surface area contributed by atoms with E-state index in [2.05, 4.69) is 25.1 Å². The van der Waals surface area contributed by atoms with Crippen LogP contribution in [-0.4, -0.2) is 18.2 Å². The Morgan fingerprint density at radius 3 is 2.64 bits per heavy atom. The molecule has 0 saturated carbocycles. The Kier molecular flexibility index (Phi) is 4.79. The van der Waals surface area contributed by atoms with Gasteiger partial charge in [0.15, 0.2) is 0 Å². The van der Waals surface area contributed by atoms with E-state index in [1.165, 1.54) is 15.1 Å². The topological polar surface area (TPSA) is 38.8 Å². The maximum absolute atomic E-state index is 12.7. The number of ether oxygens (including phenoxy) is 2. The van der Waals surface area contributed by atoms with Gasteiger partial charge in [0.25, 0.3) is 0 Å². The van der Waals surface area contributed by atoms with Gasteiger partial charge in [-0.2, -0.15) is 0 Å². The van der Waals surface area contributed by atoms with E-state index in [9.17, 15) is 4.79 Å². The Labute approximate surface area is 169 Å². The number of rotatable bonds is 3. The molecule has 1 aliphatic heterocycles. The number of nitrogens with zero attached hydrogens (tertiary/aromatic N) is 1. The summed E-state index contributed by atoms with van der Waals surface area (Å²) in [4.78, 5) is 15.7. The fourth-order valence-corrected chi connectivity index (χ4v) is 4.61. The third-order valence-electron chi connectivity index (χ3n) is 4.70. The standard InChI is InChI=1S/C23H25NO3S/c1-15-12-18-20(26-14-16-8-6-5-7-9-16)13-19-17(21(18)28-15)10-11-24(19)22(25)27-23(2,3)4/h5-9,12-13H,10-11,14H2,1-4H3. The van der Waals surface area contributed by atoms with E-state index < -0.39 is 5.60 Å². The van der Waals surface area contributed by atoms with Gasteiger partial charge in [-0.3, -0.25) is 4.90 Å². The lowest BCUT2D eigenvalue weighted by molar-refractivity contribution is 0.0584. The number of carbonyl (C=O) groups excluding carboxylic acids is 1. The van der Waals surface area contributed by atoms with Gasteiger partial charge in [0.1, 0.15) is 18.0 Å². The van der Waals surface area contributed by atoms with E-state index in [4.69, 9.17) is 9.47 Å². The van der Waals surface area contributed by atoms with E-state index in [1.807, 2.05) is 45.0 Å². The molecule has 0 N–H and O–H groups in total. The number of amides is 1. The van der Waals surface area contributed by atoms with Gasteiger partial charge in [0, 0.05) is 27.6 Å². The highest BCUT2D eigenvalue weighted by atomic mass is 32.1. The van der Waals surface area contributed by atoms with Crippen molar-refractivity contribution in [3.8, 4) is 5.75 Å². The number of carbonyl (C=O) groups is 1. The van der Waals surface area contributed by atoms with E-state index in [0.717, 1.165) is 28.8 Å². The molecule has 1 aromatic heterocycles. The predicted molar refractivity (Wildman–Crippen MR) is 115 cm³/mol. The van der Waals surface area contributed by atoms with Crippen LogP contribution in [0.5, 0.6) is 5.75 Å². The lowest BCUT2D eigenvalue weighted by Gasteiger charge is -2.25. The van der Waals surface area contributed by atoms with Crippen LogP contribution in [0.1, 0.15) is 36.8 Å². The van der Waals surface area contributed by atoms with Gasteiger partial charge in [-0.25, -0.2) is 4.79 Å². The van der Waals surface area contributed by atoms with Crippen molar-refractivity contribution in [3.63, 3.8) is 0 Å². The molecule has 4 rings (SSSR count). The van der Waals surface area contributed by atoms with E-state index in [0.29, 0.717) is 13.2 Å². The van der Waals surface area contributed by atoms with Crippen molar-refractivity contribution >= 4 is 33.2 Å². The van der Waals surface area contributed by atoms with Crippen molar-refractivity contribution in [2.24, 2.45) is 0 Å². The number of thiophene rings is 1. The number of benzene rings is 2. The molecule has 0 unspecified atom stereocenters. The Morgan fingerprint density at radius 2 is 1.93 bits per heavy atom. The summed E-state index contributed by atoms with van der Waals surface area (Å²) in [6.07, 6.45) is 0.539. The van der Waals surface area contributed by atoms with Crippen LogP contribution in [0, 0.1) is 6.92 Å². The van der Waals surface area contributed by atoms with Crippen LogP contribution in [-0.2, 0) is 17.8 Å². The second kappa shape index (κ2) is 7.13. The fourth-order valence-electron chi connectivity index (χ4n) is 3.51. The lowest BCUT2D eigenvalue weighted by atomic mass is 10.1. The van der Waals surface area contributed by atoms with Crippen molar-refractivity contribution in [1.82, 2.24) is 0 Å². The maximum atomic E-state index is 12.7. The molecule has 146 valence electrons. The van der Waals surface area contributed by atoms with E-state index in [-0.39, 0.29) is 6.09 Å². The van der Waals surface area contributed by atoms with Crippen molar-refractivity contribution in [1.29, 1.82) is 0 Å². The summed E-state index contributed by atoms with van der Waals surface area (Å²) < 4.78 is 13.0. The molecule has 0 saturated heterocycles. The van der Waals surface area contributed by atoms with Gasteiger partial charge < -0.3 is 9.47 Å². The number of hydrogen-bond acceptors (Lipinski definition) is 4.